The van der Waals surface area contributed by atoms with Gasteiger partial charge in [-0.05, 0) is 11.6 Å². The van der Waals surface area contributed by atoms with Gasteiger partial charge in [0, 0.05) is 11.6 Å². The molecule has 1 unspecified atom stereocenters. The van der Waals surface area contributed by atoms with Crippen LogP contribution in [0, 0.1) is 20.2 Å². The zero-order valence-corrected chi connectivity index (χ0v) is 21.9. The maximum Gasteiger partial charge on any atom is 0.299 e. The first kappa shape index (κ1) is 28.3. The summed E-state index contributed by atoms with van der Waals surface area (Å²) in [7, 11) is 0. The smallest absolute Gasteiger partial charge is 0.299 e. The molecule has 3 aromatic rings. The third-order valence-electron chi connectivity index (χ3n) is 6.79. The molecule has 2 heterocycles. The SMILES string of the molecule is C=CCO[C@@H]1[C@@H](Nc2ccc([N+](=O)[O-])cc2[N+](=O)[O-])[C@H](OCc2ccccc2)O[C@@H]2COC(c3ccccc3)O[C@@H]12. The minimum Gasteiger partial charge on any atom is -0.369 e. The molecule has 12 heteroatoms. The van der Waals surface area contributed by atoms with Gasteiger partial charge in [-0.1, -0.05) is 66.7 Å². The van der Waals surface area contributed by atoms with Gasteiger partial charge >= 0.3 is 0 Å². The third-order valence-corrected chi connectivity index (χ3v) is 6.79. The van der Waals surface area contributed by atoms with Crippen molar-refractivity contribution in [3.8, 4) is 0 Å². The van der Waals surface area contributed by atoms with Crippen LogP contribution in [0.2, 0.25) is 0 Å². The molecule has 0 aromatic heterocycles. The van der Waals surface area contributed by atoms with Crippen LogP contribution in [0.25, 0.3) is 0 Å². The summed E-state index contributed by atoms with van der Waals surface area (Å²) in [6.07, 6.45) is -2.02. The van der Waals surface area contributed by atoms with Crippen LogP contribution in [-0.4, -0.2) is 53.7 Å². The molecular weight excluding hydrogens is 534 g/mol. The fraction of sp³-hybridized carbons (Fsp3) is 0.310. The highest BCUT2D eigenvalue weighted by molar-refractivity contribution is 5.66. The van der Waals surface area contributed by atoms with E-state index < -0.39 is 58.2 Å². The summed E-state index contributed by atoms with van der Waals surface area (Å²) in [6, 6.07) is 21.4. The summed E-state index contributed by atoms with van der Waals surface area (Å²) in [5.41, 5.74) is 0.867. The molecule has 6 atom stereocenters. The number of nitro groups is 2. The second-order valence-corrected chi connectivity index (χ2v) is 9.49. The van der Waals surface area contributed by atoms with E-state index in [0.29, 0.717) is 0 Å². The summed E-state index contributed by atoms with van der Waals surface area (Å²) < 4.78 is 31.1. The van der Waals surface area contributed by atoms with Crippen LogP contribution in [-0.2, 0) is 30.3 Å². The monoisotopic (exact) mass is 563 g/mol. The predicted molar refractivity (Wildman–Crippen MR) is 147 cm³/mol. The van der Waals surface area contributed by atoms with Gasteiger partial charge in [-0.2, -0.15) is 0 Å². The molecule has 12 nitrogen and oxygen atoms in total. The highest BCUT2D eigenvalue weighted by atomic mass is 16.8. The molecule has 2 saturated heterocycles. The summed E-state index contributed by atoms with van der Waals surface area (Å²) >= 11 is 0. The van der Waals surface area contributed by atoms with Crippen molar-refractivity contribution in [3.63, 3.8) is 0 Å². The van der Waals surface area contributed by atoms with E-state index in [-0.39, 0.29) is 25.5 Å². The third kappa shape index (κ3) is 6.59. The van der Waals surface area contributed by atoms with Crippen molar-refractivity contribution in [2.75, 3.05) is 18.5 Å². The molecule has 0 amide bonds. The summed E-state index contributed by atoms with van der Waals surface area (Å²) in [6.45, 7) is 4.28. The maximum absolute atomic E-state index is 11.9. The van der Waals surface area contributed by atoms with Crippen molar-refractivity contribution in [1.82, 2.24) is 0 Å². The highest BCUT2D eigenvalue weighted by Crippen LogP contribution is 2.38. The van der Waals surface area contributed by atoms with Crippen LogP contribution in [0.4, 0.5) is 17.1 Å². The molecule has 1 N–H and O–H groups in total. The number of ether oxygens (including phenoxy) is 5. The molecule has 2 fully saturated rings. The molecule has 41 heavy (non-hydrogen) atoms. The number of anilines is 1. The number of nitro benzene ring substituents is 2. The average molecular weight is 564 g/mol. The van der Waals surface area contributed by atoms with E-state index in [1.54, 1.807) is 6.08 Å². The minimum absolute atomic E-state index is 0.0415. The van der Waals surface area contributed by atoms with E-state index in [9.17, 15) is 20.2 Å². The summed E-state index contributed by atoms with van der Waals surface area (Å²) in [5, 5.41) is 26.3. The molecule has 2 aliphatic heterocycles. The van der Waals surface area contributed by atoms with Gasteiger partial charge in [-0.25, -0.2) is 0 Å². The number of non-ortho nitro benzene ring substituents is 1. The Hall–Kier alpha value is -4.20. The number of fused-ring (bicyclic) bond motifs is 1. The Kier molecular flexibility index (Phi) is 8.97. The van der Waals surface area contributed by atoms with Crippen molar-refractivity contribution in [3.05, 3.63) is 123 Å². The van der Waals surface area contributed by atoms with Gasteiger partial charge in [0.25, 0.3) is 11.4 Å². The lowest BCUT2D eigenvalue weighted by Crippen LogP contribution is -2.65. The Bertz CT molecular complexity index is 1360. The van der Waals surface area contributed by atoms with Crippen molar-refractivity contribution in [1.29, 1.82) is 0 Å². The Balaban J connectivity index is 1.49. The zero-order chi connectivity index (χ0) is 28.8. The number of nitrogens with zero attached hydrogens (tertiary/aromatic N) is 2. The summed E-state index contributed by atoms with van der Waals surface area (Å²) in [4.78, 5) is 21.8. The number of nitrogens with one attached hydrogen (secondary N) is 1. The molecule has 0 aliphatic carbocycles. The molecule has 2 aliphatic rings. The molecule has 214 valence electrons. The zero-order valence-electron chi connectivity index (χ0n) is 21.9. The maximum atomic E-state index is 11.9. The van der Waals surface area contributed by atoms with Crippen LogP contribution < -0.4 is 5.32 Å². The van der Waals surface area contributed by atoms with E-state index in [1.165, 1.54) is 12.1 Å². The lowest BCUT2D eigenvalue weighted by atomic mass is 9.94. The van der Waals surface area contributed by atoms with Crippen LogP contribution >= 0.6 is 0 Å². The van der Waals surface area contributed by atoms with Gasteiger partial charge in [0.1, 0.15) is 30.0 Å². The first-order valence-corrected chi connectivity index (χ1v) is 13.0. The number of benzene rings is 3. The summed E-state index contributed by atoms with van der Waals surface area (Å²) in [5.74, 6) is 0. The van der Waals surface area contributed by atoms with E-state index in [0.717, 1.165) is 17.2 Å². The van der Waals surface area contributed by atoms with Crippen LogP contribution in [0.5, 0.6) is 0 Å². The molecule has 5 rings (SSSR count). The Morgan fingerprint density at radius 3 is 2.37 bits per heavy atom. The minimum atomic E-state index is -0.957. The normalized spacial score (nSPS) is 25.6. The van der Waals surface area contributed by atoms with Gasteiger partial charge in [0.15, 0.2) is 12.6 Å². The van der Waals surface area contributed by atoms with Crippen molar-refractivity contribution >= 4 is 17.1 Å². The van der Waals surface area contributed by atoms with Gasteiger partial charge in [0.05, 0.1) is 35.7 Å². The van der Waals surface area contributed by atoms with Crippen molar-refractivity contribution in [2.24, 2.45) is 0 Å². The topological polar surface area (TPSA) is 144 Å². The molecule has 0 saturated carbocycles. The Morgan fingerprint density at radius 1 is 0.951 bits per heavy atom. The molecule has 0 radical (unpaired) electrons. The van der Waals surface area contributed by atoms with Gasteiger partial charge in [-0.3, -0.25) is 20.2 Å². The van der Waals surface area contributed by atoms with Crippen molar-refractivity contribution < 1.29 is 33.5 Å². The predicted octanol–water partition coefficient (Wildman–Crippen LogP) is 4.91. The Morgan fingerprint density at radius 2 is 1.68 bits per heavy atom. The Labute approximate surface area is 235 Å². The van der Waals surface area contributed by atoms with Crippen LogP contribution in [0.1, 0.15) is 17.4 Å². The number of hydrogen-bond acceptors (Lipinski definition) is 10. The molecule has 0 spiro atoms. The van der Waals surface area contributed by atoms with Crippen LogP contribution in [0.3, 0.4) is 0 Å². The van der Waals surface area contributed by atoms with E-state index in [1.807, 2.05) is 60.7 Å². The highest BCUT2D eigenvalue weighted by Gasteiger charge is 2.51. The molecular formula is C29H29N3O9. The average Bonchev–Trinajstić information content (AvgIpc) is 3.00. The number of rotatable bonds is 11. The van der Waals surface area contributed by atoms with Gasteiger partial charge in [-0.15, -0.1) is 6.58 Å². The van der Waals surface area contributed by atoms with E-state index >= 15 is 0 Å². The van der Waals surface area contributed by atoms with E-state index in [4.69, 9.17) is 23.7 Å². The lowest BCUT2D eigenvalue weighted by Gasteiger charge is -2.49. The van der Waals surface area contributed by atoms with Crippen LogP contribution in [0.15, 0.2) is 91.5 Å². The lowest BCUT2D eigenvalue weighted by molar-refractivity contribution is -0.393. The second-order valence-electron chi connectivity index (χ2n) is 9.49. The quantitative estimate of drug-likeness (QED) is 0.194. The largest absolute Gasteiger partial charge is 0.369 e. The fourth-order valence-electron chi connectivity index (χ4n) is 4.86. The standard InChI is InChI=1S/C29H29N3O9/c1-2-15-37-27-25(30-22-14-13-21(31(33)34)16-23(22)32(35)36)29(38-17-19-9-5-3-6-10-19)40-24-18-39-28(41-26(24)27)20-11-7-4-8-12-20/h2-14,16,24-30H,1,15,17-18H2/t24-,25-,26-,27-,28?,29-/m1/s1. The molecule has 3 aromatic carbocycles. The number of hydrogen-bond donors (Lipinski definition) is 1. The van der Waals surface area contributed by atoms with Crippen molar-refractivity contribution in [2.45, 2.75) is 43.5 Å². The van der Waals surface area contributed by atoms with Gasteiger partial charge in [0.2, 0.25) is 0 Å². The fourth-order valence-corrected chi connectivity index (χ4v) is 4.86. The van der Waals surface area contributed by atoms with Gasteiger partial charge < -0.3 is 29.0 Å². The second kappa shape index (κ2) is 13.0. The first-order valence-electron chi connectivity index (χ1n) is 13.0. The first-order chi connectivity index (χ1) is 19.9. The molecule has 0 bridgehead atoms. The van der Waals surface area contributed by atoms with E-state index in [2.05, 4.69) is 11.9 Å².